The van der Waals surface area contributed by atoms with Gasteiger partial charge < -0.3 is 5.32 Å². The lowest BCUT2D eigenvalue weighted by Crippen LogP contribution is -2.19. The predicted molar refractivity (Wildman–Crippen MR) is 102 cm³/mol. The number of piperidine rings is 1. The van der Waals surface area contributed by atoms with Crippen LogP contribution in [0.25, 0.3) is 10.4 Å². The lowest BCUT2D eigenvalue weighted by atomic mass is 9.94. The molecule has 1 aliphatic carbocycles. The molecule has 2 heterocycles. The summed E-state index contributed by atoms with van der Waals surface area (Å²) in [5.74, 6) is 0.880. The number of rotatable bonds is 2. The monoisotopic (exact) mass is 330 g/mol. The van der Waals surface area contributed by atoms with Crippen molar-refractivity contribution in [2.45, 2.75) is 53.4 Å². The molecule has 0 spiro atoms. The first-order valence-corrected chi connectivity index (χ1v) is 9.76. The fourth-order valence-electron chi connectivity index (χ4n) is 3.54. The summed E-state index contributed by atoms with van der Waals surface area (Å²) < 4.78 is 0. The summed E-state index contributed by atoms with van der Waals surface area (Å²) in [6.07, 6.45) is 1.37. The Bertz CT molecular complexity index is 630. The number of thiazole rings is 1. The smallest absolute Gasteiger partial charge is 0.0903 e. The summed E-state index contributed by atoms with van der Waals surface area (Å²) in [5.41, 5.74) is 4.45. The van der Waals surface area contributed by atoms with Crippen molar-refractivity contribution in [1.82, 2.24) is 10.3 Å². The van der Waals surface area contributed by atoms with Gasteiger partial charge in [-0.25, -0.2) is 4.98 Å². The number of nitrogens with one attached hydrogen (secondary N) is 1. The predicted octanol–water partition coefficient (Wildman–Crippen LogP) is 5.34. The zero-order valence-electron chi connectivity index (χ0n) is 15.4. The average Bonchev–Trinajstić information content (AvgIpc) is 2.98. The Morgan fingerprint density at radius 2 is 1.74 bits per heavy atom. The van der Waals surface area contributed by atoms with Crippen molar-refractivity contribution in [3.63, 3.8) is 0 Å². The van der Waals surface area contributed by atoms with Crippen molar-refractivity contribution < 1.29 is 0 Å². The van der Waals surface area contributed by atoms with E-state index in [9.17, 15) is 0 Å². The van der Waals surface area contributed by atoms with Gasteiger partial charge in [0.05, 0.1) is 15.6 Å². The number of fused-ring (bicyclic) bond motifs is 1. The summed E-state index contributed by atoms with van der Waals surface area (Å²) in [5, 5.41) is 4.66. The van der Waals surface area contributed by atoms with Gasteiger partial charge in [0.15, 0.2) is 0 Å². The summed E-state index contributed by atoms with van der Waals surface area (Å²) in [7, 11) is 0. The Hall–Kier alpha value is -1.19. The molecule has 0 unspecified atom stereocenters. The third kappa shape index (κ3) is 3.36. The van der Waals surface area contributed by atoms with Crippen LogP contribution in [0.5, 0.6) is 0 Å². The summed E-state index contributed by atoms with van der Waals surface area (Å²) in [4.78, 5) is 5.84. The van der Waals surface area contributed by atoms with Gasteiger partial charge in [-0.15, -0.1) is 11.3 Å². The average molecular weight is 331 g/mol. The highest BCUT2D eigenvalue weighted by Gasteiger charge is 2.57. The molecule has 23 heavy (non-hydrogen) atoms. The first-order valence-electron chi connectivity index (χ1n) is 8.95. The van der Waals surface area contributed by atoms with Crippen molar-refractivity contribution in [2.75, 3.05) is 13.1 Å². The van der Waals surface area contributed by atoms with Crippen LogP contribution in [0.3, 0.4) is 0 Å². The summed E-state index contributed by atoms with van der Waals surface area (Å²) in [6, 6.07) is 9.21. The maximum absolute atomic E-state index is 4.52. The minimum Gasteiger partial charge on any atom is -0.316 e. The highest BCUT2D eigenvalue weighted by molar-refractivity contribution is 7.15. The topological polar surface area (TPSA) is 24.9 Å². The molecule has 0 amide bonds. The minimum absolute atomic E-state index is 0.469. The second-order valence-electron chi connectivity index (χ2n) is 5.91. The molecule has 2 nitrogen and oxygen atoms in total. The van der Waals surface area contributed by atoms with Gasteiger partial charge in [0.25, 0.3) is 0 Å². The molecule has 2 fully saturated rings. The van der Waals surface area contributed by atoms with Gasteiger partial charge in [0.1, 0.15) is 0 Å². The zero-order chi connectivity index (χ0) is 17.0. The van der Waals surface area contributed by atoms with E-state index in [1.165, 1.54) is 29.0 Å². The van der Waals surface area contributed by atoms with E-state index < -0.39 is 0 Å². The summed E-state index contributed by atoms with van der Waals surface area (Å²) >= 11 is 1.79. The normalized spacial score (nSPS) is 24.0. The van der Waals surface area contributed by atoms with Crippen LogP contribution >= 0.6 is 11.3 Å². The standard InChI is InChI=1S/C16H18N2S.2C2H6/c1-10-15(19-11(2)18-10)12-3-5-13(6-4-12)16-7-14(16)8-17-9-16;2*1-2/h3-6,14,17H,7-9H2,1-2H3;2*1-2H3/t14-,16+;;/m1../s1. The van der Waals surface area contributed by atoms with Gasteiger partial charge in [-0.1, -0.05) is 52.0 Å². The van der Waals surface area contributed by atoms with E-state index in [2.05, 4.69) is 48.4 Å². The van der Waals surface area contributed by atoms with Crippen molar-refractivity contribution in [3.05, 3.63) is 40.5 Å². The van der Waals surface area contributed by atoms with Crippen LogP contribution in [-0.2, 0) is 5.41 Å². The van der Waals surface area contributed by atoms with E-state index in [0.29, 0.717) is 5.41 Å². The third-order valence-electron chi connectivity index (χ3n) is 4.69. The first kappa shape index (κ1) is 18.2. The number of hydrogen-bond donors (Lipinski definition) is 1. The molecule has 2 atom stereocenters. The number of benzene rings is 1. The summed E-state index contributed by atoms with van der Waals surface area (Å²) in [6.45, 7) is 14.5. The molecule has 0 radical (unpaired) electrons. The molecule has 1 N–H and O–H groups in total. The molecule has 3 heteroatoms. The van der Waals surface area contributed by atoms with Crippen LogP contribution in [0.1, 0.15) is 50.4 Å². The molecule has 2 aliphatic rings. The molecular formula is C20H30N2S. The molecule has 1 saturated carbocycles. The number of aromatic nitrogens is 1. The molecule has 126 valence electrons. The van der Waals surface area contributed by atoms with Crippen LogP contribution in [0, 0.1) is 19.8 Å². The van der Waals surface area contributed by atoms with Crippen LogP contribution < -0.4 is 5.32 Å². The van der Waals surface area contributed by atoms with E-state index in [1.54, 1.807) is 11.3 Å². The van der Waals surface area contributed by atoms with Crippen LogP contribution in [0.4, 0.5) is 0 Å². The van der Waals surface area contributed by atoms with Gasteiger partial charge in [-0.05, 0) is 43.9 Å². The molecule has 2 aromatic rings. The lowest BCUT2D eigenvalue weighted by Gasteiger charge is -2.12. The van der Waals surface area contributed by atoms with E-state index in [1.807, 2.05) is 27.7 Å². The maximum Gasteiger partial charge on any atom is 0.0903 e. The largest absolute Gasteiger partial charge is 0.316 e. The van der Waals surface area contributed by atoms with Crippen molar-refractivity contribution in [2.24, 2.45) is 5.92 Å². The van der Waals surface area contributed by atoms with Crippen molar-refractivity contribution in [3.8, 4) is 10.4 Å². The number of aryl methyl sites for hydroxylation is 2. The molecule has 4 rings (SSSR count). The Kier molecular flexibility index (Phi) is 5.99. The highest BCUT2D eigenvalue weighted by atomic mass is 32.1. The number of nitrogens with zero attached hydrogens (tertiary/aromatic N) is 1. The highest BCUT2D eigenvalue weighted by Crippen LogP contribution is 2.56. The lowest BCUT2D eigenvalue weighted by molar-refractivity contribution is 0.676. The fourth-order valence-corrected chi connectivity index (χ4v) is 4.47. The van der Waals surface area contributed by atoms with Crippen LogP contribution in [0.15, 0.2) is 24.3 Å². The molecule has 0 bridgehead atoms. The Morgan fingerprint density at radius 1 is 1.09 bits per heavy atom. The second kappa shape index (κ2) is 7.59. The fraction of sp³-hybridized carbons (Fsp3) is 0.550. The van der Waals surface area contributed by atoms with E-state index in [-0.39, 0.29) is 0 Å². The van der Waals surface area contributed by atoms with Gasteiger partial charge in [-0.3, -0.25) is 0 Å². The Balaban J connectivity index is 0.000000448. The Labute approximate surface area is 145 Å². The van der Waals surface area contributed by atoms with E-state index in [0.717, 1.165) is 23.2 Å². The quantitative estimate of drug-likeness (QED) is 0.804. The van der Waals surface area contributed by atoms with Crippen molar-refractivity contribution >= 4 is 11.3 Å². The molecule has 1 aromatic carbocycles. The third-order valence-corrected chi connectivity index (χ3v) is 5.81. The van der Waals surface area contributed by atoms with Gasteiger partial charge >= 0.3 is 0 Å². The van der Waals surface area contributed by atoms with Crippen LogP contribution in [-0.4, -0.2) is 18.1 Å². The van der Waals surface area contributed by atoms with Gasteiger partial charge in [0.2, 0.25) is 0 Å². The number of hydrogen-bond acceptors (Lipinski definition) is 3. The first-order chi connectivity index (χ1) is 11.2. The molecule has 1 aromatic heterocycles. The van der Waals surface area contributed by atoms with Crippen molar-refractivity contribution in [1.29, 1.82) is 0 Å². The van der Waals surface area contributed by atoms with E-state index in [4.69, 9.17) is 0 Å². The minimum atomic E-state index is 0.469. The molecule has 1 saturated heterocycles. The van der Waals surface area contributed by atoms with Gasteiger partial charge in [0, 0.05) is 12.0 Å². The SMILES string of the molecule is CC.CC.Cc1nc(C)c(-c2ccc([C@]34CNC[C@H]3C4)cc2)s1. The maximum atomic E-state index is 4.52. The zero-order valence-corrected chi connectivity index (χ0v) is 16.2. The molecular weight excluding hydrogens is 300 g/mol. The van der Waals surface area contributed by atoms with E-state index >= 15 is 0 Å². The van der Waals surface area contributed by atoms with Crippen LogP contribution in [0.2, 0.25) is 0 Å². The molecule has 1 aliphatic heterocycles. The van der Waals surface area contributed by atoms with Gasteiger partial charge in [-0.2, -0.15) is 0 Å². The Morgan fingerprint density at radius 3 is 2.17 bits per heavy atom. The second-order valence-corrected chi connectivity index (χ2v) is 7.12.